The molecule has 0 saturated carbocycles. The zero-order chi connectivity index (χ0) is 25.2. The van der Waals surface area contributed by atoms with Crippen LogP contribution in [0.15, 0.2) is 97.1 Å². The minimum atomic E-state index is -0.0179. The Morgan fingerprint density at radius 1 is 0.486 bits per heavy atom. The molecule has 0 N–H and O–H groups in total. The van der Waals surface area contributed by atoms with Crippen LogP contribution in [0.5, 0.6) is 0 Å². The Labute approximate surface area is 234 Å². The second kappa shape index (κ2) is 14.2. The molecule has 0 heterocycles. The van der Waals surface area contributed by atoms with Crippen LogP contribution in [0.3, 0.4) is 0 Å². The van der Waals surface area contributed by atoms with Crippen LogP contribution in [0.2, 0.25) is 0 Å². The summed E-state index contributed by atoms with van der Waals surface area (Å²) in [6.45, 7) is 13.3. The fraction of sp³-hybridized carbons (Fsp3) is 0.273. The predicted octanol–water partition coefficient (Wildman–Crippen LogP) is 2.57. The molecule has 0 fully saturated rings. The molecule has 35 heavy (non-hydrogen) atoms. The van der Waals surface area contributed by atoms with E-state index in [2.05, 4.69) is 139 Å². The van der Waals surface area contributed by atoms with E-state index in [0.29, 0.717) is 5.92 Å². The molecule has 0 radical (unpaired) electrons. The highest BCUT2D eigenvalue weighted by Gasteiger charge is 2.16. The fourth-order valence-electron chi connectivity index (χ4n) is 3.51. The highest BCUT2D eigenvalue weighted by Crippen LogP contribution is 2.12. The van der Waals surface area contributed by atoms with Crippen molar-refractivity contribution in [1.29, 1.82) is 0 Å². The third-order valence-electron chi connectivity index (χ3n) is 5.55. The van der Waals surface area contributed by atoms with Crippen molar-refractivity contribution in [1.82, 2.24) is 0 Å². The maximum absolute atomic E-state index is 2.31. The lowest BCUT2D eigenvalue weighted by atomic mass is 10.0. The number of aryl methyl sites for hydroxylation is 2. The average Bonchev–Trinajstić information content (AvgIpc) is 2.84. The Kier molecular flexibility index (Phi) is 11.3. The van der Waals surface area contributed by atoms with Gasteiger partial charge in [0.2, 0.25) is 0 Å². The van der Waals surface area contributed by atoms with Crippen molar-refractivity contribution in [2.75, 3.05) is 0 Å². The van der Waals surface area contributed by atoms with E-state index in [1.54, 1.807) is 0 Å². The second-order valence-electron chi connectivity index (χ2n) is 9.71. The van der Waals surface area contributed by atoms with E-state index < -0.39 is 0 Å². The molecule has 0 saturated heterocycles. The van der Waals surface area contributed by atoms with Gasteiger partial charge in [0, 0.05) is 0 Å². The van der Waals surface area contributed by atoms with Gasteiger partial charge in [-0.15, -0.1) is 0 Å². The molecule has 0 nitrogen and oxygen atoms in total. The SMILES string of the molecule is Cc1ccc([I+]c2ccc(C(C)C)cc2)cc1.Cc1ccc([I+]c2ccc(CC(C)C)cc2)cc1. The summed E-state index contributed by atoms with van der Waals surface area (Å²) in [5, 5.41) is 0. The average molecular weight is 688 g/mol. The van der Waals surface area contributed by atoms with Gasteiger partial charge in [-0.1, -0.05) is 87.4 Å². The van der Waals surface area contributed by atoms with E-state index in [1.807, 2.05) is 0 Å². The number of hydrogen-bond donors (Lipinski definition) is 0. The summed E-state index contributed by atoms with van der Waals surface area (Å²) in [6.07, 6.45) is 1.18. The quantitative estimate of drug-likeness (QED) is 0.262. The third-order valence-corrected chi connectivity index (χ3v) is 10.9. The normalized spacial score (nSPS) is 10.9. The van der Waals surface area contributed by atoms with Crippen LogP contribution in [0.4, 0.5) is 0 Å². The Balaban J connectivity index is 0.000000196. The molecule has 0 spiro atoms. The molecule has 2 heteroatoms. The van der Waals surface area contributed by atoms with Crippen molar-refractivity contribution in [3.8, 4) is 0 Å². The molecular weight excluding hydrogens is 650 g/mol. The Morgan fingerprint density at radius 3 is 1.17 bits per heavy atom. The molecule has 0 aliphatic heterocycles. The van der Waals surface area contributed by atoms with Gasteiger partial charge in [-0.2, -0.15) is 0 Å². The maximum Gasteiger partial charge on any atom is 0.357 e. The summed E-state index contributed by atoms with van der Waals surface area (Å²) in [6, 6.07) is 36.2. The van der Waals surface area contributed by atoms with Crippen molar-refractivity contribution in [2.45, 2.75) is 53.9 Å². The third kappa shape index (κ3) is 10.1. The van der Waals surface area contributed by atoms with Crippen LogP contribution in [-0.2, 0) is 6.42 Å². The first-order chi connectivity index (χ1) is 16.8. The molecule has 0 atom stereocenters. The van der Waals surface area contributed by atoms with Crippen molar-refractivity contribution in [3.05, 3.63) is 134 Å². The van der Waals surface area contributed by atoms with Crippen molar-refractivity contribution < 1.29 is 42.4 Å². The Hall–Kier alpha value is -1.66. The van der Waals surface area contributed by atoms with Crippen molar-refractivity contribution in [2.24, 2.45) is 5.92 Å². The standard InChI is InChI=1S/C17H20I.C16H18I/c1-13(2)12-15-6-10-17(11-7-15)18-16-8-4-14(3)5-9-16;1-12(2)14-6-10-16(11-7-14)17-15-8-4-13(3)5-9-15/h4-11,13H,12H2,1-3H3;4-12H,1-3H3/q2*+1. The van der Waals surface area contributed by atoms with E-state index in [-0.39, 0.29) is 42.4 Å². The number of halogens is 2. The first kappa shape index (κ1) is 27.9. The fourth-order valence-corrected chi connectivity index (χ4v) is 7.82. The number of hydrogen-bond acceptors (Lipinski definition) is 0. The van der Waals surface area contributed by atoms with Crippen LogP contribution < -0.4 is 42.4 Å². The van der Waals surface area contributed by atoms with E-state index in [4.69, 9.17) is 0 Å². The second-order valence-corrected chi connectivity index (χ2v) is 15.8. The van der Waals surface area contributed by atoms with Gasteiger partial charge in [-0.05, 0) is 91.8 Å². The highest BCUT2D eigenvalue weighted by molar-refractivity contribution is 5.18. The molecule has 0 bridgehead atoms. The maximum atomic E-state index is 2.31. The molecule has 0 amide bonds. The van der Waals surface area contributed by atoms with Crippen LogP contribution in [0.25, 0.3) is 0 Å². The van der Waals surface area contributed by atoms with Crippen LogP contribution >= 0.6 is 0 Å². The summed E-state index contributed by atoms with van der Waals surface area (Å²) in [4.78, 5) is 0. The zero-order valence-electron chi connectivity index (χ0n) is 21.9. The number of benzene rings is 4. The summed E-state index contributed by atoms with van der Waals surface area (Å²) < 4.78 is 5.99. The van der Waals surface area contributed by atoms with Crippen molar-refractivity contribution in [3.63, 3.8) is 0 Å². The first-order valence-corrected chi connectivity index (χ1v) is 16.7. The summed E-state index contributed by atoms with van der Waals surface area (Å²) in [7, 11) is 0. The zero-order valence-corrected chi connectivity index (χ0v) is 26.2. The van der Waals surface area contributed by atoms with Crippen LogP contribution in [0, 0.1) is 34.0 Å². The topological polar surface area (TPSA) is 0 Å². The lowest BCUT2D eigenvalue weighted by Gasteiger charge is -2.03. The molecule has 0 aliphatic carbocycles. The Morgan fingerprint density at radius 2 is 0.829 bits per heavy atom. The van der Waals surface area contributed by atoms with Gasteiger partial charge in [0.25, 0.3) is 0 Å². The molecule has 0 aromatic heterocycles. The summed E-state index contributed by atoms with van der Waals surface area (Å²) in [5.41, 5.74) is 5.58. The monoisotopic (exact) mass is 688 g/mol. The van der Waals surface area contributed by atoms with Gasteiger partial charge in [0.15, 0.2) is 14.3 Å². The minimum absolute atomic E-state index is 0.0167. The van der Waals surface area contributed by atoms with Gasteiger partial charge in [-0.3, -0.25) is 0 Å². The highest BCUT2D eigenvalue weighted by atomic mass is 127. The smallest absolute Gasteiger partial charge is 0.0625 e. The van der Waals surface area contributed by atoms with E-state index >= 15 is 0 Å². The molecule has 4 aromatic carbocycles. The van der Waals surface area contributed by atoms with Crippen molar-refractivity contribution >= 4 is 0 Å². The van der Waals surface area contributed by atoms with Gasteiger partial charge in [0.05, 0.1) is 0 Å². The van der Waals surface area contributed by atoms with Crippen LogP contribution in [-0.4, -0.2) is 0 Å². The summed E-state index contributed by atoms with van der Waals surface area (Å²) >= 11 is -0.0346. The van der Waals surface area contributed by atoms with Gasteiger partial charge >= 0.3 is 42.4 Å². The predicted molar refractivity (Wildman–Crippen MR) is 143 cm³/mol. The molecule has 4 aromatic rings. The minimum Gasteiger partial charge on any atom is -0.0625 e. The lowest BCUT2D eigenvalue weighted by Crippen LogP contribution is -3.61. The lowest BCUT2D eigenvalue weighted by molar-refractivity contribution is -0.597. The van der Waals surface area contributed by atoms with E-state index in [0.717, 1.165) is 5.92 Å². The van der Waals surface area contributed by atoms with Gasteiger partial charge < -0.3 is 0 Å². The van der Waals surface area contributed by atoms with E-state index in [1.165, 1.54) is 43.0 Å². The molecule has 4 rings (SSSR count). The molecular formula is C33H38I2+2. The molecule has 182 valence electrons. The van der Waals surface area contributed by atoms with Gasteiger partial charge in [0.1, 0.15) is 0 Å². The largest absolute Gasteiger partial charge is 0.357 e. The number of rotatable bonds is 7. The van der Waals surface area contributed by atoms with Crippen LogP contribution in [0.1, 0.15) is 55.9 Å². The summed E-state index contributed by atoms with van der Waals surface area (Å²) in [5.74, 6) is 1.37. The Bertz CT molecular complexity index is 1140. The first-order valence-electron chi connectivity index (χ1n) is 12.4. The molecule has 0 unspecified atom stereocenters. The van der Waals surface area contributed by atoms with Gasteiger partial charge in [-0.25, -0.2) is 0 Å². The van der Waals surface area contributed by atoms with E-state index in [9.17, 15) is 0 Å². The molecule has 0 aliphatic rings.